The maximum atomic E-state index is 4.62. The summed E-state index contributed by atoms with van der Waals surface area (Å²) in [7, 11) is 2.04. The molecule has 3 aromatic heterocycles. The van der Waals surface area contributed by atoms with Gasteiger partial charge in [-0.15, -0.1) is 0 Å². The minimum absolute atomic E-state index is 1.00. The molecule has 0 amide bonds. The summed E-state index contributed by atoms with van der Waals surface area (Å²) in [6.07, 6.45) is 1.88. The molecule has 4 heteroatoms. The number of hydrogen-bond donors (Lipinski definition) is 0. The van der Waals surface area contributed by atoms with Crippen molar-refractivity contribution in [3.05, 3.63) is 116 Å². The average Bonchev–Trinajstić information content (AvgIpc) is 3.57. The van der Waals surface area contributed by atoms with Gasteiger partial charge in [0.15, 0.2) is 0 Å². The predicted octanol–water partition coefficient (Wildman–Crippen LogP) is 7.77. The first kappa shape index (κ1) is 19.5. The second-order valence-electron chi connectivity index (χ2n) is 9.46. The molecule has 0 atom stereocenters. The number of nitrogens with zero attached hydrogens (tertiary/aromatic N) is 4. The zero-order valence-corrected chi connectivity index (χ0v) is 19.8. The number of fused-ring (bicyclic) bond motifs is 7. The first-order valence-corrected chi connectivity index (χ1v) is 12.2. The van der Waals surface area contributed by atoms with Crippen molar-refractivity contribution < 1.29 is 0 Å². The molecule has 8 aromatic rings. The van der Waals surface area contributed by atoms with E-state index in [2.05, 4.69) is 128 Å². The summed E-state index contributed by atoms with van der Waals surface area (Å²) in [6, 6.07) is 39.3. The molecule has 0 N–H and O–H groups in total. The lowest BCUT2D eigenvalue weighted by atomic mass is 10.1. The molecule has 8 rings (SSSR count). The third-order valence-corrected chi connectivity index (χ3v) is 7.45. The van der Waals surface area contributed by atoms with Crippen LogP contribution in [0.25, 0.3) is 66.0 Å². The van der Waals surface area contributed by atoms with Gasteiger partial charge in [0.05, 0.1) is 39.4 Å². The van der Waals surface area contributed by atoms with Gasteiger partial charge in [-0.2, -0.15) is 0 Å². The molecule has 0 aliphatic rings. The van der Waals surface area contributed by atoms with Crippen LogP contribution in [0.1, 0.15) is 0 Å². The van der Waals surface area contributed by atoms with Crippen LogP contribution < -0.4 is 0 Å². The fraction of sp³-hybridized carbons (Fsp3) is 0.0312. The van der Waals surface area contributed by atoms with E-state index in [1.165, 1.54) is 49.3 Å². The third kappa shape index (κ3) is 2.56. The van der Waals surface area contributed by atoms with Crippen LogP contribution in [0.5, 0.6) is 0 Å². The summed E-state index contributed by atoms with van der Waals surface area (Å²) < 4.78 is 6.83. The van der Waals surface area contributed by atoms with E-state index in [1.54, 1.807) is 0 Å². The van der Waals surface area contributed by atoms with Crippen LogP contribution in [-0.4, -0.2) is 18.7 Å². The van der Waals surface area contributed by atoms with Crippen LogP contribution in [0, 0.1) is 0 Å². The van der Waals surface area contributed by atoms with Crippen LogP contribution in [0.4, 0.5) is 0 Å². The Morgan fingerprint density at radius 1 is 0.472 bits per heavy atom. The van der Waals surface area contributed by atoms with Gasteiger partial charge in [-0.3, -0.25) is 0 Å². The molecule has 0 bridgehead atoms. The summed E-state index contributed by atoms with van der Waals surface area (Å²) in [5.74, 6) is 0. The first-order chi connectivity index (χ1) is 17.8. The molecule has 0 spiro atoms. The molecule has 0 fully saturated rings. The highest BCUT2D eigenvalue weighted by molar-refractivity contribution is 6.19. The van der Waals surface area contributed by atoms with Crippen molar-refractivity contribution >= 4 is 54.6 Å². The fourth-order valence-corrected chi connectivity index (χ4v) is 5.83. The van der Waals surface area contributed by atoms with Crippen molar-refractivity contribution in [3.8, 4) is 11.4 Å². The Morgan fingerprint density at radius 3 is 1.72 bits per heavy atom. The lowest BCUT2D eigenvalue weighted by Gasteiger charge is -2.09. The lowest BCUT2D eigenvalue weighted by molar-refractivity contribution is 0.947. The van der Waals surface area contributed by atoms with Crippen LogP contribution in [0.3, 0.4) is 0 Å². The molecule has 3 heterocycles. The number of aromatic nitrogens is 4. The standard InChI is InChI=1S/C32H22N4/c1-34-20-33-27-17-22(15-16-30(27)34)36-29-14-8-6-12-24(29)26-18-31-25(19-32(26)36)23-11-5-7-13-28(23)35(31)21-9-3-2-4-10-21/h2-20H,1H3. The van der Waals surface area contributed by atoms with Crippen LogP contribution in [-0.2, 0) is 7.05 Å². The fourth-order valence-electron chi connectivity index (χ4n) is 5.83. The van der Waals surface area contributed by atoms with E-state index in [1.807, 2.05) is 13.4 Å². The van der Waals surface area contributed by atoms with Crippen LogP contribution in [0.2, 0.25) is 0 Å². The molecule has 0 aliphatic carbocycles. The Morgan fingerprint density at radius 2 is 1.06 bits per heavy atom. The Hall–Kier alpha value is -4.83. The molecule has 170 valence electrons. The Kier molecular flexibility index (Phi) is 3.84. The largest absolute Gasteiger partial charge is 0.334 e. The van der Waals surface area contributed by atoms with E-state index in [4.69, 9.17) is 0 Å². The SMILES string of the molecule is Cn1cnc2cc(-n3c4ccccc4c4cc5c(cc43)c3ccccc3n5-c3ccccc3)ccc21. The van der Waals surface area contributed by atoms with E-state index in [0.29, 0.717) is 0 Å². The summed E-state index contributed by atoms with van der Waals surface area (Å²) >= 11 is 0. The van der Waals surface area contributed by atoms with Gasteiger partial charge in [-0.25, -0.2) is 4.98 Å². The minimum atomic E-state index is 1.00. The molecule has 0 unspecified atom stereocenters. The number of benzene rings is 5. The van der Waals surface area contributed by atoms with Gasteiger partial charge in [-0.05, 0) is 54.6 Å². The van der Waals surface area contributed by atoms with Gasteiger partial charge >= 0.3 is 0 Å². The molecule has 0 radical (unpaired) electrons. The maximum absolute atomic E-state index is 4.62. The summed E-state index contributed by atoms with van der Waals surface area (Å²) in [5.41, 5.74) is 9.28. The van der Waals surface area contributed by atoms with Crippen LogP contribution >= 0.6 is 0 Å². The first-order valence-electron chi connectivity index (χ1n) is 12.2. The van der Waals surface area contributed by atoms with Crippen molar-refractivity contribution in [2.75, 3.05) is 0 Å². The quantitative estimate of drug-likeness (QED) is 0.258. The van der Waals surface area contributed by atoms with Gasteiger partial charge in [0.2, 0.25) is 0 Å². The highest BCUT2D eigenvalue weighted by Gasteiger charge is 2.18. The number of para-hydroxylation sites is 3. The smallest absolute Gasteiger partial charge is 0.0955 e. The molecular weight excluding hydrogens is 440 g/mol. The third-order valence-electron chi connectivity index (χ3n) is 7.45. The zero-order chi connectivity index (χ0) is 23.8. The number of aryl methyl sites for hydroxylation is 1. The van der Waals surface area contributed by atoms with E-state index in [9.17, 15) is 0 Å². The average molecular weight is 463 g/mol. The zero-order valence-electron chi connectivity index (χ0n) is 19.8. The monoisotopic (exact) mass is 462 g/mol. The molecule has 0 saturated heterocycles. The van der Waals surface area contributed by atoms with E-state index < -0.39 is 0 Å². The second kappa shape index (κ2) is 7.09. The van der Waals surface area contributed by atoms with Gasteiger partial charge in [-0.1, -0.05) is 54.6 Å². The molecule has 4 nitrogen and oxygen atoms in total. The lowest BCUT2D eigenvalue weighted by Crippen LogP contribution is -1.95. The molecule has 36 heavy (non-hydrogen) atoms. The molecule has 0 aliphatic heterocycles. The van der Waals surface area contributed by atoms with Crippen molar-refractivity contribution in [3.63, 3.8) is 0 Å². The Labute approximate surface area is 207 Å². The molecule has 0 saturated carbocycles. The van der Waals surface area contributed by atoms with E-state index in [0.717, 1.165) is 16.7 Å². The number of imidazole rings is 1. The van der Waals surface area contributed by atoms with Crippen molar-refractivity contribution in [2.24, 2.45) is 7.05 Å². The van der Waals surface area contributed by atoms with Gasteiger partial charge < -0.3 is 13.7 Å². The normalized spacial score (nSPS) is 12.0. The highest BCUT2D eigenvalue weighted by atomic mass is 15.0. The summed E-state index contributed by atoms with van der Waals surface area (Å²) in [5, 5.41) is 5.01. The molecule has 5 aromatic carbocycles. The maximum Gasteiger partial charge on any atom is 0.0955 e. The van der Waals surface area contributed by atoms with Crippen molar-refractivity contribution in [1.82, 2.24) is 18.7 Å². The molecular formula is C32H22N4. The van der Waals surface area contributed by atoms with Gasteiger partial charge in [0, 0.05) is 40.0 Å². The number of rotatable bonds is 2. The Balaban J connectivity index is 1.54. The summed E-state index contributed by atoms with van der Waals surface area (Å²) in [6.45, 7) is 0. The summed E-state index contributed by atoms with van der Waals surface area (Å²) in [4.78, 5) is 4.62. The van der Waals surface area contributed by atoms with Gasteiger partial charge in [0.1, 0.15) is 0 Å². The second-order valence-corrected chi connectivity index (χ2v) is 9.46. The van der Waals surface area contributed by atoms with E-state index in [-0.39, 0.29) is 0 Å². The van der Waals surface area contributed by atoms with E-state index >= 15 is 0 Å². The van der Waals surface area contributed by atoms with Gasteiger partial charge in [0.25, 0.3) is 0 Å². The number of hydrogen-bond acceptors (Lipinski definition) is 1. The van der Waals surface area contributed by atoms with Crippen molar-refractivity contribution in [1.29, 1.82) is 0 Å². The Bertz CT molecular complexity index is 2110. The topological polar surface area (TPSA) is 27.7 Å². The van der Waals surface area contributed by atoms with Crippen molar-refractivity contribution in [2.45, 2.75) is 0 Å². The minimum Gasteiger partial charge on any atom is -0.334 e. The van der Waals surface area contributed by atoms with Crippen LogP contribution in [0.15, 0.2) is 116 Å². The predicted molar refractivity (Wildman–Crippen MR) is 149 cm³/mol. The highest BCUT2D eigenvalue weighted by Crippen LogP contribution is 2.39.